The van der Waals surface area contributed by atoms with E-state index in [4.69, 9.17) is 21.5 Å². The van der Waals surface area contributed by atoms with Gasteiger partial charge in [-0.3, -0.25) is 14.9 Å². The van der Waals surface area contributed by atoms with Gasteiger partial charge in [0.15, 0.2) is 0 Å². The van der Waals surface area contributed by atoms with Gasteiger partial charge in [-0.2, -0.15) is 4.98 Å². The lowest BCUT2D eigenvalue weighted by molar-refractivity contribution is 0.0929. The van der Waals surface area contributed by atoms with E-state index in [0.717, 1.165) is 69.5 Å². The predicted octanol–water partition coefficient (Wildman–Crippen LogP) is 5.96. The van der Waals surface area contributed by atoms with Gasteiger partial charge in [0.25, 0.3) is 0 Å². The average molecular weight is 737 g/mol. The number of aryl methyl sites for hydroxylation is 1. The Kier molecular flexibility index (Phi) is 9.17. The van der Waals surface area contributed by atoms with E-state index in [-0.39, 0.29) is 0 Å². The highest BCUT2D eigenvalue weighted by molar-refractivity contribution is 9.10. The number of nitrogens with one attached hydrogen (secondary N) is 2. The Balaban J connectivity index is 1.11. The Morgan fingerprint density at radius 1 is 1.00 bits per heavy atom. The Labute approximate surface area is 290 Å². The van der Waals surface area contributed by atoms with Gasteiger partial charge in [-0.05, 0) is 91.8 Å². The van der Waals surface area contributed by atoms with Crippen molar-refractivity contribution < 1.29 is 4.74 Å². The normalized spacial score (nSPS) is 20.7. The fourth-order valence-electron chi connectivity index (χ4n) is 7.67. The average Bonchev–Trinajstić information content (AvgIpc) is 3.65. The quantitative estimate of drug-likeness (QED) is 0.200. The van der Waals surface area contributed by atoms with Crippen LogP contribution in [0.4, 0.5) is 28.8 Å². The van der Waals surface area contributed by atoms with Gasteiger partial charge in [0.1, 0.15) is 11.6 Å². The number of ether oxygens (including phenoxy) is 1. The van der Waals surface area contributed by atoms with Crippen LogP contribution in [0.2, 0.25) is 0 Å². The summed E-state index contributed by atoms with van der Waals surface area (Å²) in [6.45, 7) is 11.0. The van der Waals surface area contributed by atoms with Crippen molar-refractivity contribution in [3.63, 3.8) is 0 Å². The van der Waals surface area contributed by atoms with Crippen LogP contribution in [0, 0.1) is 0 Å². The summed E-state index contributed by atoms with van der Waals surface area (Å²) >= 11 is 9.65. The summed E-state index contributed by atoms with van der Waals surface area (Å²) < 4.78 is 6.67. The smallest absolute Gasteiger partial charge is 0.229 e. The van der Waals surface area contributed by atoms with Crippen LogP contribution in [-0.4, -0.2) is 102 Å². The minimum absolute atomic E-state index is 0.463. The molecule has 2 N–H and O–H groups in total. The number of methoxy groups -OCH3 is 1. The van der Waals surface area contributed by atoms with Gasteiger partial charge in [0.05, 0.1) is 34.0 Å². The van der Waals surface area contributed by atoms with E-state index >= 15 is 0 Å². The molecule has 47 heavy (non-hydrogen) atoms. The zero-order valence-electron chi connectivity index (χ0n) is 27.7. The van der Waals surface area contributed by atoms with Crippen molar-refractivity contribution in [3.8, 4) is 5.75 Å². The van der Waals surface area contributed by atoms with E-state index in [1.54, 1.807) is 25.7 Å². The Hall–Kier alpha value is -2.89. The van der Waals surface area contributed by atoms with E-state index in [1.165, 1.54) is 43.6 Å². The van der Waals surface area contributed by atoms with Crippen LogP contribution in [0.25, 0.3) is 11.0 Å². The lowest BCUT2D eigenvalue weighted by Gasteiger charge is -2.43. The maximum Gasteiger partial charge on any atom is 0.229 e. The number of piperazine rings is 1. The first-order valence-corrected chi connectivity index (χ1v) is 20.9. The number of fused-ring (bicyclic) bond motifs is 3. The zero-order valence-corrected chi connectivity index (χ0v) is 31.0. The van der Waals surface area contributed by atoms with Crippen LogP contribution in [0.1, 0.15) is 31.7 Å². The Morgan fingerprint density at radius 3 is 2.47 bits per heavy atom. The van der Waals surface area contributed by atoms with Crippen molar-refractivity contribution in [2.24, 2.45) is 0 Å². The molecule has 13 heteroatoms. The minimum Gasteiger partial charge on any atom is -0.494 e. The van der Waals surface area contributed by atoms with Crippen LogP contribution < -0.4 is 25.6 Å². The number of likely N-dealkylation sites (tertiary alicyclic amines) is 2. The molecule has 2 aromatic heterocycles. The first kappa shape index (κ1) is 32.6. The second kappa shape index (κ2) is 13.2. The number of nitrogens with zero attached hydrogens (tertiary/aromatic N) is 7. The van der Waals surface area contributed by atoms with Crippen molar-refractivity contribution in [2.45, 2.75) is 50.7 Å². The summed E-state index contributed by atoms with van der Waals surface area (Å²) in [4.78, 5) is 26.5. The van der Waals surface area contributed by atoms with Crippen LogP contribution in [0.15, 0.2) is 47.3 Å². The Morgan fingerprint density at radius 2 is 1.79 bits per heavy atom. The molecule has 0 saturated carbocycles. The SMILES string of the molecule is CCc1cc(Nc2ncc(Br)c(Nc3ccc4nccnc4c3P(C)(C)=S)n2)c(OC)cc1N1CCC(N2C[C@@H]3C[C@H]2CN3C)CC1. The molecule has 2 aromatic carbocycles. The lowest BCUT2D eigenvalue weighted by atomic mass is 9.99. The molecule has 0 aliphatic carbocycles. The second-order valence-corrected chi connectivity index (χ2v) is 20.1. The maximum atomic E-state index is 6.01. The lowest BCUT2D eigenvalue weighted by Crippen LogP contribution is -2.52. The van der Waals surface area contributed by atoms with E-state index < -0.39 is 6.04 Å². The van der Waals surface area contributed by atoms with Crippen molar-refractivity contribution >= 4 is 78.9 Å². The highest BCUT2D eigenvalue weighted by Crippen LogP contribution is 2.42. The molecule has 3 aliphatic rings. The van der Waals surface area contributed by atoms with Crippen LogP contribution >= 0.6 is 22.0 Å². The van der Waals surface area contributed by atoms with Crippen LogP contribution in [0.3, 0.4) is 0 Å². The number of aromatic nitrogens is 4. The molecule has 248 valence electrons. The van der Waals surface area contributed by atoms with Crippen molar-refractivity contribution in [2.75, 3.05) is 69.2 Å². The molecular weight excluding hydrogens is 693 g/mol. The molecule has 10 nitrogen and oxygen atoms in total. The largest absolute Gasteiger partial charge is 0.494 e. The molecule has 5 heterocycles. The number of hydrogen-bond acceptors (Lipinski definition) is 11. The first-order chi connectivity index (χ1) is 22.6. The van der Waals surface area contributed by atoms with Crippen molar-refractivity contribution in [1.29, 1.82) is 0 Å². The van der Waals surface area contributed by atoms with Gasteiger partial charge >= 0.3 is 0 Å². The van der Waals surface area contributed by atoms with Crippen molar-refractivity contribution in [1.82, 2.24) is 29.7 Å². The molecule has 0 unspecified atom stereocenters. The summed E-state index contributed by atoms with van der Waals surface area (Å²) in [5.74, 6) is 1.86. The fraction of sp³-hybridized carbons (Fsp3) is 0.471. The van der Waals surface area contributed by atoms with Gasteiger partial charge in [-0.15, -0.1) is 0 Å². The molecule has 3 saturated heterocycles. The molecular formula is C34H43BrN9OPS. The number of rotatable bonds is 9. The number of benzene rings is 2. The highest BCUT2D eigenvalue weighted by atomic mass is 79.9. The maximum absolute atomic E-state index is 6.01. The molecule has 0 spiro atoms. The van der Waals surface area contributed by atoms with Gasteiger partial charge in [0.2, 0.25) is 5.95 Å². The van der Waals surface area contributed by atoms with E-state index in [2.05, 4.69) is 95.6 Å². The van der Waals surface area contributed by atoms with Crippen LogP contribution in [0.5, 0.6) is 5.75 Å². The number of halogens is 1. The van der Waals surface area contributed by atoms with Gasteiger partial charge in [-0.1, -0.05) is 18.7 Å². The predicted molar refractivity (Wildman–Crippen MR) is 201 cm³/mol. The van der Waals surface area contributed by atoms with Gasteiger partial charge in [-0.25, -0.2) is 4.98 Å². The molecule has 7 rings (SSSR count). The second-order valence-electron chi connectivity index (χ2n) is 13.3. The molecule has 0 amide bonds. The van der Waals surface area contributed by atoms with Crippen molar-refractivity contribution in [3.05, 3.63) is 52.9 Å². The van der Waals surface area contributed by atoms with E-state index in [0.29, 0.717) is 17.8 Å². The number of hydrogen-bond donors (Lipinski definition) is 2. The van der Waals surface area contributed by atoms with Gasteiger partial charge in [0, 0.05) is 80.0 Å². The number of likely N-dealkylation sites (N-methyl/N-ethyl adjacent to an activating group) is 1. The summed E-state index contributed by atoms with van der Waals surface area (Å²) in [5, 5.41) is 7.97. The highest BCUT2D eigenvalue weighted by Gasteiger charge is 2.44. The van der Waals surface area contributed by atoms with E-state index in [1.807, 2.05) is 12.1 Å². The number of piperidine rings is 1. The molecule has 3 aliphatic heterocycles. The molecule has 2 bridgehead atoms. The van der Waals surface area contributed by atoms with E-state index in [9.17, 15) is 0 Å². The number of anilines is 5. The standard InChI is InChI=1S/C34H43BrN9OPS/c1-6-21-15-28(30(45-3)17-29(21)43-13-9-22(10-14-43)44-20-23-16-24(44)19-42(23)2)40-34-38-18-25(35)33(41-34)39-27-8-7-26-31(37-12-11-36-26)32(27)46(4,5)47/h7-8,11-12,15,17-18,22-24H,6,9-10,13-14,16,19-20H2,1-5H3,(H2,38,39,40,41)/t23-,24-/m0/s1. The molecule has 0 radical (unpaired) electrons. The van der Waals surface area contributed by atoms with Gasteiger partial charge < -0.3 is 25.2 Å². The zero-order chi connectivity index (χ0) is 32.9. The summed E-state index contributed by atoms with van der Waals surface area (Å²) in [5.41, 5.74) is 5.91. The third kappa shape index (κ3) is 6.47. The fourth-order valence-corrected chi connectivity index (χ4v) is 9.91. The first-order valence-electron chi connectivity index (χ1n) is 16.4. The summed E-state index contributed by atoms with van der Waals surface area (Å²) in [6.07, 6.45) is 9.84. The summed E-state index contributed by atoms with van der Waals surface area (Å²) in [7, 11) is 4.00. The molecule has 3 fully saturated rings. The topological polar surface area (TPSA) is 94.6 Å². The molecule has 4 aromatic rings. The Bertz CT molecular complexity index is 1840. The summed E-state index contributed by atoms with van der Waals surface area (Å²) in [6, 6.07) is 8.63. The van der Waals surface area contributed by atoms with Crippen LogP contribution in [-0.2, 0) is 18.2 Å². The minimum atomic E-state index is -1.90. The third-order valence-electron chi connectivity index (χ3n) is 10.0. The monoisotopic (exact) mass is 735 g/mol. The third-order valence-corrected chi connectivity index (χ3v) is 12.7. The molecule has 2 atom stereocenters.